The fourth-order valence-corrected chi connectivity index (χ4v) is 2.91. The van der Waals surface area contributed by atoms with Crippen LogP contribution in [0.15, 0.2) is 53.6 Å². The third kappa shape index (κ3) is 3.51. The number of H-pyrrole nitrogens is 1. The number of hydrogen-bond donors (Lipinski definition) is 2. The molecule has 0 radical (unpaired) electrons. The summed E-state index contributed by atoms with van der Waals surface area (Å²) in [7, 11) is 0. The smallest absolute Gasteiger partial charge is 0.294 e. The number of carbonyl (C=O) groups is 3. The largest absolute Gasteiger partial charge is 0.362 e. The molecule has 116 valence electrons. The van der Waals surface area contributed by atoms with Crippen LogP contribution < -0.4 is 5.32 Å². The number of para-hydroxylation sites is 1. The van der Waals surface area contributed by atoms with Crippen LogP contribution in [0.1, 0.15) is 5.69 Å². The number of rotatable bonds is 4. The average Bonchev–Trinajstić information content (AvgIpc) is 3.13. The summed E-state index contributed by atoms with van der Waals surface area (Å²) in [6, 6.07) is 12.5. The second kappa shape index (κ2) is 6.53. The highest BCUT2D eigenvalue weighted by molar-refractivity contribution is 8.18. The lowest BCUT2D eigenvalue weighted by atomic mass is 10.3. The number of benzene rings is 1. The second-order valence-electron chi connectivity index (χ2n) is 4.81. The van der Waals surface area contributed by atoms with Gasteiger partial charge in [-0.3, -0.25) is 19.3 Å². The molecule has 0 bridgehead atoms. The molecule has 1 fully saturated rings. The monoisotopic (exact) mass is 327 g/mol. The lowest BCUT2D eigenvalue weighted by Crippen LogP contribution is -2.36. The molecule has 1 saturated heterocycles. The minimum absolute atomic E-state index is 0.296. The van der Waals surface area contributed by atoms with Crippen molar-refractivity contribution in [3.05, 3.63) is 59.3 Å². The van der Waals surface area contributed by atoms with Gasteiger partial charge in [0.05, 0.1) is 4.91 Å². The number of nitrogens with zero attached hydrogens (tertiary/aromatic N) is 1. The Balaban J connectivity index is 1.67. The van der Waals surface area contributed by atoms with Gasteiger partial charge in [-0.05, 0) is 42.1 Å². The normalized spacial score (nSPS) is 16.2. The van der Waals surface area contributed by atoms with E-state index < -0.39 is 17.1 Å². The molecule has 0 unspecified atom stereocenters. The van der Waals surface area contributed by atoms with Crippen LogP contribution in [-0.2, 0) is 9.59 Å². The molecule has 0 spiro atoms. The molecule has 2 aromatic rings. The van der Waals surface area contributed by atoms with E-state index in [1.807, 2.05) is 6.07 Å². The molecule has 1 aromatic heterocycles. The first kappa shape index (κ1) is 15.1. The Bertz CT molecular complexity index is 769. The number of aromatic nitrogens is 1. The Kier molecular flexibility index (Phi) is 4.29. The molecular formula is C16H13N3O3S. The number of thioether (sulfide) groups is 1. The van der Waals surface area contributed by atoms with Crippen molar-refractivity contribution >= 4 is 40.6 Å². The van der Waals surface area contributed by atoms with E-state index in [1.165, 1.54) is 0 Å². The SMILES string of the molecule is O=C(CN1C(=O)S/C(=C\c2ccc[nH]2)C1=O)Nc1ccccc1. The van der Waals surface area contributed by atoms with Crippen LogP contribution in [0.4, 0.5) is 10.5 Å². The van der Waals surface area contributed by atoms with Gasteiger partial charge in [0.1, 0.15) is 6.54 Å². The van der Waals surface area contributed by atoms with E-state index >= 15 is 0 Å². The average molecular weight is 327 g/mol. The summed E-state index contributed by atoms with van der Waals surface area (Å²) >= 11 is 0.827. The summed E-state index contributed by atoms with van der Waals surface area (Å²) in [5.41, 5.74) is 1.34. The van der Waals surface area contributed by atoms with Crippen molar-refractivity contribution < 1.29 is 14.4 Å². The van der Waals surface area contributed by atoms with Crippen LogP contribution in [0.3, 0.4) is 0 Å². The van der Waals surface area contributed by atoms with Crippen LogP contribution in [0.25, 0.3) is 6.08 Å². The van der Waals surface area contributed by atoms with Crippen LogP contribution >= 0.6 is 11.8 Å². The molecule has 23 heavy (non-hydrogen) atoms. The maximum Gasteiger partial charge on any atom is 0.294 e. The second-order valence-corrected chi connectivity index (χ2v) is 5.80. The standard InChI is InChI=1S/C16H13N3O3S/c20-14(18-11-5-2-1-3-6-11)10-19-15(21)13(23-16(19)22)9-12-7-4-8-17-12/h1-9,17H,10H2,(H,18,20)/b13-9-. The highest BCUT2D eigenvalue weighted by atomic mass is 32.2. The summed E-state index contributed by atoms with van der Waals surface area (Å²) < 4.78 is 0. The maximum atomic E-state index is 12.3. The van der Waals surface area contributed by atoms with Crippen molar-refractivity contribution in [2.75, 3.05) is 11.9 Å². The van der Waals surface area contributed by atoms with Crippen LogP contribution in [-0.4, -0.2) is 33.5 Å². The molecular weight excluding hydrogens is 314 g/mol. The predicted molar refractivity (Wildman–Crippen MR) is 88.5 cm³/mol. The quantitative estimate of drug-likeness (QED) is 0.846. The first-order valence-electron chi connectivity index (χ1n) is 6.87. The van der Waals surface area contributed by atoms with Gasteiger partial charge < -0.3 is 10.3 Å². The zero-order valence-electron chi connectivity index (χ0n) is 12.0. The highest BCUT2D eigenvalue weighted by Crippen LogP contribution is 2.31. The number of amides is 3. The first-order valence-corrected chi connectivity index (χ1v) is 7.69. The molecule has 6 nitrogen and oxygen atoms in total. The third-order valence-electron chi connectivity index (χ3n) is 3.14. The van der Waals surface area contributed by atoms with Gasteiger partial charge in [0.2, 0.25) is 5.91 Å². The molecule has 1 aromatic carbocycles. The van der Waals surface area contributed by atoms with Gasteiger partial charge in [-0.15, -0.1) is 0 Å². The minimum Gasteiger partial charge on any atom is -0.362 e. The Morgan fingerprint density at radius 1 is 1.17 bits per heavy atom. The van der Waals surface area contributed by atoms with Crippen molar-refractivity contribution in [2.24, 2.45) is 0 Å². The van der Waals surface area contributed by atoms with Gasteiger partial charge in [0.15, 0.2) is 0 Å². The van der Waals surface area contributed by atoms with E-state index in [0.29, 0.717) is 10.6 Å². The Morgan fingerprint density at radius 3 is 2.65 bits per heavy atom. The van der Waals surface area contributed by atoms with E-state index in [2.05, 4.69) is 10.3 Å². The van der Waals surface area contributed by atoms with E-state index in [1.54, 1.807) is 48.7 Å². The van der Waals surface area contributed by atoms with Crippen molar-refractivity contribution in [1.29, 1.82) is 0 Å². The Hall–Kier alpha value is -2.80. The van der Waals surface area contributed by atoms with Crippen LogP contribution in [0.5, 0.6) is 0 Å². The molecule has 0 saturated carbocycles. The third-order valence-corrected chi connectivity index (χ3v) is 4.05. The number of imide groups is 1. The number of nitrogens with one attached hydrogen (secondary N) is 2. The van der Waals surface area contributed by atoms with E-state index in [0.717, 1.165) is 22.4 Å². The highest BCUT2D eigenvalue weighted by Gasteiger charge is 2.36. The molecule has 0 atom stereocenters. The van der Waals surface area contributed by atoms with Crippen molar-refractivity contribution in [1.82, 2.24) is 9.88 Å². The summed E-state index contributed by atoms with van der Waals surface area (Å²) in [4.78, 5) is 40.4. The predicted octanol–water partition coefficient (Wildman–Crippen LogP) is 2.69. The van der Waals surface area contributed by atoms with Gasteiger partial charge >= 0.3 is 0 Å². The van der Waals surface area contributed by atoms with Gasteiger partial charge in [0, 0.05) is 17.6 Å². The van der Waals surface area contributed by atoms with Crippen molar-refractivity contribution in [2.45, 2.75) is 0 Å². The molecule has 0 aliphatic carbocycles. The van der Waals surface area contributed by atoms with Crippen LogP contribution in [0, 0.1) is 0 Å². The van der Waals surface area contributed by atoms with Gasteiger partial charge in [-0.2, -0.15) is 0 Å². The van der Waals surface area contributed by atoms with Gasteiger partial charge in [-0.25, -0.2) is 0 Å². The fourth-order valence-electron chi connectivity index (χ4n) is 2.08. The van der Waals surface area contributed by atoms with Gasteiger partial charge in [0.25, 0.3) is 11.1 Å². The minimum atomic E-state index is -0.460. The first-order chi connectivity index (χ1) is 11.1. The summed E-state index contributed by atoms with van der Waals surface area (Å²) in [6.07, 6.45) is 3.32. The van der Waals surface area contributed by atoms with E-state index in [-0.39, 0.29) is 6.54 Å². The fraction of sp³-hybridized carbons (Fsp3) is 0.0625. The zero-order chi connectivity index (χ0) is 16.2. The molecule has 7 heteroatoms. The molecule has 2 N–H and O–H groups in total. The zero-order valence-corrected chi connectivity index (χ0v) is 12.8. The maximum absolute atomic E-state index is 12.3. The van der Waals surface area contributed by atoms with Crippen molar-refractivity contribution in [3.63, 3.8) is 0 Å². The number of carbonyl (C=O) groups excluding carboxylic acids is 3. The molecule has 1 aliphatic rings. The molecule has 2 heterocycles. The lowest BCUT2D eigenvalue weighted by molar-refractivity contribution is -0.127. The number of anilines is 1. The summed E-state index contributed by atoms with van der Waals surface area (Å²) in [5.74, 6) is -0.877. The van der Waals surface area contributed by atoms with Gasteiger partial charge in [-0.1, -0.05) is 18.2 Å². The van der Waals surface area contributed by atoms with Crippen LogP contribution in [0.2, 0.25) is 0 Å². The molecule has 3 amide bonds. The summed E-state index contributed by atoms with van der Waals surface area (Å²) in [6.45, 7) is -0.304. The summed E-state index contributed by atoms with van der Waals surface area (Å²) in [5, 5.41) is 2.20. The van der Waals surface area contributed by atoms with E-state index in [4.69, 9.17) is 0 Å². The topological polar surface area (TPSA) is 82.3 Å². The lowest BCUT2D eigenvalue weighted by Gasteiger charge is -2.12. The molecule has 3 rings (SSSR count). The number of aromatic amines is 1. The van der Waals surface area contributed by atoms with E-state index in [9.17, 15) is 14.4 Å². The van der Waals surface area contributed by atoms with Crippen molar-refractivity contribution in [3.8, 4) is 0 Å². The number of hydrogen-bond acceptors (Lipinski definition) is 4. The molecule has 1 aliphatic heterocycles. The Labute approximate surface area is 136 Å². The Morgan fingerprint density at radius 2 is 1.96 bits per heavy atom.